The van der Waals surface area contributed by atoms with E-state index in [0.717, 1.165) is 0 Å². The van der Waals surface area contributed by atoms with Crippen LogP contribution < -0.4 is 5.32 Å². The summed E-state index contributed by atoms with van der Waals surface area (Å²) < 4.78 is 0. The number of carbonyl (C=O) groups excluding carboxylic acids is 2. The van der Waals surface area contributed by atoms with E-state index < -0.39 is 17.9 Å². The molecule has 2 N–H and O–H groups in total. The van der Waals surface area contributed by atoms with Crippen molar-refractivity contribution in [1.29, 1.82) is 0 Å². The van der Waals surface area contributed by atoms with Crippen molar-refractivity contribution < 1.29 is 19.5 Å². The molecule has 0 saturated carbocycles. The molecule has 6 heteroatoms. The Hall–Kier alpha value is -1.85. The normalized spacial score (nSPS) is 11.9. The van der Waals surface area contributed by atoms with Gasteiger partial charge in [-0.3, -0.25) is 10.1 Å². The number of urea groups is 1. The van der Waals surface area contributed by atoms with Gasteiger partial charge in [-0.2, -0.15) is 0 Å². The van der Waals surface area contributed by atoms with Gasteiger partial charge in [-0.1, -0.05) is 13.8 Å². The van der Waals surface area contributed by atoms with Gasteiger partial charge in [0.15, 0.2) is 0 Å². The molecule has 0 spiro atoms. The van der Waals surface area contributed by atoms with Gasteiger partial charge in [0.25, 0.3) is 5.91 Å². The zero-order valence-corrected chi connectivity index (χ0v) is 11.4. The molecule has 0 bridgehead atoms. The lowest BCUT2D eigenvalue weighted by atomic mass is 10.1. The molecule has 0 heterocycles. The Bertz CT molecular complexity index is 386. The van der Waals surface area contributed by atoms with E-state index in [9.17, 15) is 14.4 Å². The fraction of sp³-hybridized carbons (Fsp3) is 0.583. The SMILES string of the molecule is CC(C(=O)O)=C(C)C(=O)NC(=O)N(C)CC(C)C. The summed E-state index contributed by atoms with van der Waals surface area (Å²) in [6.45, 7) is 7.10. The monoisotopic (exact) mass is 256 g/mol. The number of rotatable bonds is 4. The second-order valence-electron chi connectivity index (χ2n) is 4.59. The highest BCUT2D eigenvalue weighted by Gasteiger charge is 2.17. The number of imide groups is 1. The molecule has 3 amide bonds. The van der Waals surface area contributed by atoms with Crippen LogP contribution in [0.3, 0.4) is 0 Å². The Morgan fingerprint density at radius 2 is 1.67 bits per heavy atom. The molecular formula is C12H20N2O4. The number of nitrogens with zero attached hydrogens (tertiary/aromatic N) is 1. The van der Waals surface area contributed by atoms with Gasteiger partial charge in [-0.25, -0.2) is 9.59 Å². The minimum atomic E-state index is -1.18. The minimum Gasteiger partial charge on any atom is -0.478 e. The molecule has 18 heavy (non-hydrogen) atoms. The fourth-order valence-electron chi connectivity index (χ4n) is 1.25. The van der Waals surface area contributed by atoms with Crippen LogP contribution in [0.1, 0.15) is 27.7 Å². The Kier molecular flexibility index (Phi) is 6.08. The first kappa shape index (κ1) is 16.1. The van der Waals surface area contributed by atoms with Crippen molar-refractivity contribution >= 4 is 17.9 Å². The Morgan fingerprint density at radius 1 is 1.17 bits per heavy atom. The topological polar surface area (TPSA) is 86.7 Å². The van der Waals surface area contributed by atoms with E-state index in [-0.39, 0.29) is 17.1 Å². The van der Waals surface area contributed by atoms with Gasteiger partial charge in [-0.05, 0) is 19.8 Å². The van der Waals surface area contributed by atoms with Crippen molar-refractivity contribution in [3.8, 4) is 0 Å². The van der Waals surface area contributed by atoms with E-state index in [1.165, 1.54) is 18.7 Å². The Balaban J connectivity index is 4.63. The molecule has 0 saturated heterocycles. The van der Waals surface area contributed by atoms with Crippen molar-refractivity contribution in [3.05, 3.63) is 11.1 Å². The standard InChI is InChI=1S/C12H20N2O4/c1-7(2)6-14(5)12(18)13-10(15)8(3)9(4)11(16)17/h7H,6H2,1-5H3,(H,16,17)(H,13,15,18). The largest absolute Gasteiger partial charge is 0.478 e. The van der Waals surface area contributed by atoms with Crippen LogP contribution in [0.4, 0.5) is 4.79 Å². The van der Waals surface area contributed by atoms with Crippen molar-refractivity contribution in [2.45, 2.75) is 27.7 Å². The quantitative estimate of drug-likeness (QED) is 0.741. The number of aliphatic carboxylic acids is 1. The van der Waals surface area contributed by atoms with Gasteiger partial charge in [-0.15, -0.1) is 0 Å². The van der Waals surface area contributed by atoms with Gasteiger partial charge in [0.2, 0.25) is 0 Å². The van der Waals surface area contributed by atoms with Crippen LogP contribution in [-0.2, 0) is 9.59 Å². The zero-order valence-electron chi connectivity index (χ0n) is 11.4. The molecule has 0 aromatic rings. The number of amides is 3. The number of carbonyl (C=O) groups is 3. The first-order valence-electron chi connectivity index (χ1n) is 5.64. The third kappa shape index (κ3) is 4.99. The third-order valence-corrected chi connectivity index (χ3v) is 2.43. The van der Waals surface area contributed by atoms with Crippen LogP contribution in [0, 0.1) is 5.92 Å². The number of nitrogens with one attached hydrogen (secondary N) is 1. The first-order chi connectivity index (χ1) is 8.16. The van der Waals surface area contributed by atoms with Gasteiger partial charge >= 0.3 is 12.0 Å². The minimum absolute atomic E-state index is 0.0220. The fourth-order valence-corrected chi connectivity index (χ4v) is 1.25. The molecule has 0 unspecified atom stereocenters. The lowest BCUT2D eigenvalue weighted by molar-refractivity contribution is -0.133. The summed E-state index contributed by atoms with van der Waals surface area (Å²) in [5, 5.41) is 10.9. The van der Waals surface area contributed by atoms with Crippen LogP contribution in [0.2, 0.25) is 0 Å². The summed E-state index contributed by atoms with van der Waals surface area (Å²) in [4.78, 5) is 35.3. The molecule has 0 fully saturated rings. The molecule has 102 valence electrons. The third-order valence-electron chi connectivity index (χ3n) is 2.43. The maximum Gasteiger partial charge on any atom is 0.331 e. The Labute approximate surface area is 107 Å². The maximum absolute atomic E-state index is 11.6. The van der Waals surface area contributed by atoms with Gasteiger partial charge in [0.1, 0.15) is 0 Å². The maximum atomic E-state index is 11.6. The highest BCUT2D eigenvalue weighted by molar-refractivity contribution is 6.07. The van der Waals surface area contributed by atoms with Crippen LogP contribution in [0.15, 0.2) is 11.1 Å². The molecule has 0 atom stereocenters. The number of carboxylic acid groups (broad SMARTS) is 1. The average Bonchev–Trinajstić information content (AvgIpc) is 2.25. The summed E-state index contributed by atoms with van der Waals surface area (Å²) in [5.74, 6) is -1.57. The van der Waals surface area contributed by atoms with Crippen LogP contribution in [0.5, 0.6) is 0 Å². The summed E-state index contributed by atoms with van der Waals surface area (Å²) in [6, 6.07) is -0.536. The molecule has 0 rings (SSSR count). The highest BCUT2D eigenvalue weighted by atomic mass is 16.4. The number of hydrogen-bond donors (Lipinski definition) is 2. The second kappa shape index (κ2) is 6.78. The highest BCUT2D eigenvalue weighted by Crippen LogP contribution is 2.04. The summed E-state index contributed by atoms with van der Waals surface area (Å²) in [5.41, 5.74) is -0.0550. The zero-order chi connectivity index (χ0) is 14.5. The van der Waals surface area contributed by atoms with E-state index in [2.05, 4.69) is 5.32 Å². The number of carboxylic acids is 1. The van der Waals surface area contributed by atoms with E-state index in [0.29, 0.717) is 6.54 Å². The van der Waals surface area contributed by atoms with Crippen molar-refractivity contribution in [3.63, 3.8) is 0 Å². The molecule has 0 aliphatic heterocycles. The lowest BCUT2D eigenvalue weighted by Crippen LogP contribution is -2.42. The molecular weight excluding hydrogens is 236 g/mol. The molecule has 0 aromatic heterocycles. The van der Waals surface area contributed by atoms with Crippen molar-refractivity contribution in [1.82, 2.24) is 10.2 Å². The number of hydrogen-bond acceptors (Lipinski definition) is 3. The summed E-state index contributed by atoms with van der Waals surface area (Å²) in [6.07, 6.45) is 0. The van der Waals surface area contributed by atoms with E-state index in [1.807, 2.05) is 13.8 Å². The van der Waals surface area contributed by atoms with Gasteiger partial charge < -0.3 is 10.0 Å². The van der Waals surface area contributed by atoms with Gasteiger partial charge in [0, 0.05) is 24.7 Å². The molecule has 0 aliphatic carbocycles. The first-order valence-corrected chi connectivity index (χ1v) is 5.64. The lowest BCUT2D eigenvalue weighted by Gasteiger charge is -2.19. The predicted molar refractivity (Wildman–Crippen MR) is 67.0 cm³/mol. The Morgan fingerprint density at radius 3 is 2.06 bits per heavy atom. The predicted octanol–water partition coefficient (Wildman–Crippen LogP) is 1.23. The molecule has 6 nitrogen and oxygen atoms in total. The van der Waals surface area contributed by atoms with Crippen LogP contribution in [0.25, 0.3) is 0 Å². The van der Waals surface area contributed by atoms with Crippen LogP contribution in [-0.4, -0.2) is 41.5 Å². The van der Waals surface area contributed by atoms with E-state index in [1.54, 1.807) is 7.05 Å². The second-order valence-corrected chi connectivity index (χ2v) is 4.59. The van der Waals surface area contributed by atoms with E-state index >= 15 is 0 Å². The van der Waals surface area contributed by atoms with E-state index in [4.69, 9.17) is 5.11 Å². The molecule has 0 radical (unpaired) electrons. The molecule has 0 aliphatic rings. The molecule has 0 aromatic carbocycles. The summed E-state index contributed by atoms with van der Waals surface area (Å²) in [7, 11) is 1.58. The van der Waals surface area contributed by atoms with Crippen molar-refractivity contribution in [2.24, 2.45) is 5.92 Å². The smallest absolute Gasteiger partial charge is 0.331 e. The van der Waals surface area contributed by atoms with Crippen molar-refractivity contribution in [2.75, 3.05) is 13.6 Å². The summed E-state index contributed by atoms with van der Waals surface area (Å²) >= 11 is 0. The van der Waals surface area contributed by atoms with Gasteiger partial charge in [0.05, 0.1) is 0 Å². The van der Waals surface area contributed by atoms with Crippen LogP contribution >= 0.6 is 0 Å². The average molecular weight is 256 g/mol.